The highest BCUT2D eigenvalue weighted by Crippen LogP contribution is 2.24. The van der Waals surface area contributed by atoms with Gasteiger partial charge in [-0.25, -0.2) is 13.8 Å². The van der Waals surface area contributed by atoms with Crippen LogP contribution in [0.1, 0.15) is 33.7 Å². The molecule has 0 aliphatic carbocycles. The predicted octanol–water partition coefficient (Wildman–Crippen LogP) is 2.44. The summed E-state index contributed by atoms with van der Waals surface area (Å²) in [4.78, 5) is 14.0. The fraction of sp³-hybridized carbons (Fsp3) is 0.222. The summed E-state index contributed by atoms with van der Waals surface area (Å²) in [5.41, 5.74) is -0.827. The Bertz CT molecular complexity index is 429. The zero-order valence-corrected chi connectivity index (χ0v) is 8.13. The van der Waals surface area contributed by atoms with Gasteiger partial charge >= 0.3 is 0 Å². The van der Waals surface area contributed by atoms with Crippen molar-refractivity contribution in [3.05, 3.63) is 28.6 Å². The van der Waals surface area contributed by atoms with Crippen molar-refractivity contribution in [2.75, 3.05) is 0 Å². The second-order valence-electron chi connectivity index (χ2n) is 2.63. The molecule has 6 heteroatoms. The van der Waals surface area contributed by atoms with Gasteiger partial charge in [0.1, 0.15) is 17.5 Å². The molecule has 0 radical (unpaired) electrons. The number of nitriles is 1. The van der Waals surface area contributed by atoms with E-state index in [0.717, 1.165) is 6.07 Å². The predicted molar refractivity (Wildman–Crippen MR) is 48.9 cm³/mol. The van der Waals surface area contributed by atoms with E-state index in [-0.39, 0.29) is 17.1 Å². The molecule has 0 aliphatic heterocycles. The van der Waals surface area contributed by atoms with Crippen molar-refractivity contribution < 1.29 is 13.6 Å². The van der Waals surface area contributed by atoms with E-state index in [0.29, 0.717) is 6.29 Å². The first-order chi connectivity index (χ1) is 7.13. The third-order valence-corrected chi connectivity index (χ3v) is 2.05. The maximum absolute atomic E-state index is 12.4. The molecule has 1 heterocycles. The molecule has 3 nitrogen and oxygen atoms in total. The highest BCUT2D eigenvalue weighted by molar-refractivity contribution is 6.17. The van der Waals surface area contributed by atoms with E-state index in [4.69, 9.17) is 16.9 Å². The fourth-order valence-corrected chi connectivity index (χ4v) is 1.27. The molecule has 0 spiro atoms. The van der Waals surface area contributed by atoms with Crippen LogP contribution in [0.2, 0.25) is 0 Å². The molecule has 78 valence electrons. The lowest BCUT2D eigenvalue weighted by molar-refractivity contribution is 0.111. The van der Waals surface area contributed by atoms with Gasteiger partial charge in [-0.1, -0.05) is 0 Å². The SMILES string of the molecule is N#Cc1nc(C=O)c(CCl)cc1C(F)F. The van der Waals surface area contributed by atoms with E-state index in [9.17, 15) is 13.6 Å². The summed E-state index contributed by atoms with van der Waals surface area (Å²) >= 11 is 5.46. The summed E-state index contributed by atoms with van der Waals surface area (Å²) in [7, 11) is 0. The lowest BCUT2D eigenvalue weighted by atomic mass is 10.1. The molecule has 0 atom stereocenters. The minimum Gasteiger partial charge on any atom is -0.296 e. The zero-order chi connectivity index (χ0) is 11.4. The number of aldehydes is 1. The molecule has 0 aromatic carbocycles. The normalized spacial score (nSPS) is 10.1. The molecule has 0 bridgehead atoms. The van der Waals surface area contributed by atoms with Crippen LogP contribution in [-0.4, -0.2) is 11.3 Å². The van der Waals surface area contributed by atoms with Gasteiger partial charge in [0.25, 0.3) is 6.43 Å². The number of aromatic nitrogens is 1. The first-order valence-corrected chi connectivity index (χ1v) is 4.40. The van der Waals surface area contributed by atoms with Gasteiger partial charge in [0.2, 0.25) is 0 Å². The Morgan fingerprint density at radius 1 is 1.67 bits per heavy atom. The quantitative estimate of drug-likeness (QED) is 0.592. The highest BCUT2D eigenvalue weighted by Gasteiger charge is 2.17. The van der Waals surface area contributed by atoms with E-state index in [1.54, 1.807) is 0 Å². The minimum absolute atomic E-state index is 0.0778. The summed E-state index contributed by atoms with van der Waals surface area (Å²) in [6, 6.07) is 2.54. The third kappa shape index (κ3) is 2.28. The molecule has 0 saturated carbocycles. The van der Waals surface area contributed by atoms with E-state index in [1.165, 1.54) is 6.07 Å². The monoisotopic (exact) mass is 230 g/mol. The minimum atomic E-state index is -2.81. The van der Waals surface area contributed by atoms with Crippen molar-refractivity contribution >= 4 is 17.9 Å². The smallest absolute Gasteiger partial charge is 0.266 e. The molecule has 0 unspecified atom stereocenters. The van der Waals surface area contributed by atoms with Crippen molar-refractivity contribution in [1.82, 2.24) is 4.98 Å². The van der Waals surface area contributed by atoms with Gasteiger partial charge in [0.15, 0.2) is 6.29 Å². The van der Waals surface area contributed by atoms with Crippen molar-refractivity contribution in [2.45, 2.75) is 12.3 Å². The number of alkyl halides is 3. The Kier molecular flexibility index (Phi) is 3.69. The lowest BCUT2D eigenvalue weighted by Gasteiger charge is -2.06. The Balaban J connectivity index is 3.42. The number of nitrogens with zero attached hydrogens (tertiary/aromatic N) is 2. The van der Waals surface area contributed by atoms with Crippen molar-refractivity contribution in [1.29, 1.82) is 5.26 Å². The average Bonchev–Trinajstić information content (AvgIpc) is 2.26. The number of hydrogen-bond acceptors (Lipinski definition) is 3. The second-order valence-corrected chi connectivity index (χ2v) is 2.90. The number of halogens is 3. The molecule has 1 rings (SSSR count). The van der Waals surface area contributed by atoms with Gasteiger partial charge in [-0.05, 0) is 11.6 Å². The summed E-state index contributed by atoms with van der Waals surface area (Å²) in [5, 5.41) is 8.56. The summed E-state index contributed by atoms with van der Waals surface area (Å²) < 4.78 is 24.9. The number of rotatable bonds is 3. The fourth-order valence-electron chi connectivity index (χ4n) is 1.05. The number of hydrogen-bond donors (Lipinski definition) is 0. The van der Waals surface area contributed by atoms with Crippen LogP contribution in [0.3, 0.4) is 0 Å². The zero-order valence-electron chi connectivity index (χ0n) is 7.38. The van der Waals surface area contributed by atoms with Gasteiger partial charge in [-0.15, -0.1) is 11.6 Å². The van der Waals surface area contributed by atoms with E-state index in [1.807, 2.05) is 0 Å². The number of carbonyl (C=O) groups is 1. The summed E-state index contributed by atoms with van der Waals surface area (Å²) in [6.45, 7) is 0. The Labute approximate surface area is 89.3 Å². The standard InChI is InChI=1S/C9H5ClF2N2O/c10-2-5-1-6(9(11)12)7(3-13)14-8(5)4-15/h1,4,9H,2H2. The van der Waals surface area contributed by atoms with Gasteiger partial charge in [0.05, 0.1) is 5.56 Å². The molecule has 0 saturated heterocycles. The van der Waals surface area contributed by atoms with Crippen molar-refractivity contribution in [2.24, 2.45) is 0 Å². The third-order valence-electron chi connectivity index (χ3n) is 1.76. The molecule has 0 N–H and O–H groups in total. The van der Waals surface area contributed by atoms with Crippen LogP contribution in [0.15, 0.2) is 6.07 Å². The van der Waals surface area contributed by atoms with Crippen LogP contribution in [0, 0.1) is 11.3 Å². The molecule has 15 heavy (non-hydrogen) atoms. The summed E-state index contributed by atoms with van der Waals surface area (Å²) in [5.74, 6) is -0.105. The molecule has 0 fully saturated rings. The van der Waals surface area contributed by atoms with Crippen molar-refractivity contribution in [3.8, 4) is 6.07 Å². The first-order valence-electron chi connectivity index (χ1n) is 3.87. The molecular weight excluding hydrogens is 226 g/mol. The molecule has 0 aliphatic rings. The highest BCUT2D eigenvalue weighted by atomic mass is 35.5. The number of carbonyl (C=O) groups excluding carboxylic acids is 1. The van der Waals surface area contributed by atoms with Crippen LogP contribution in [-0.2, 0) is 5.88 Å². The van der Waals surface area contributed by atoms with Crippen LogP contribution >= 0.6 is 11.6 Å². The molecule has 1 aromatic rings. The largest absolute Gasteiger partial charge is 0.296 e. The Hall–Kier alpha value is -1.54. The van der Waals surface area contributed by atoms with Gasteiger partial charge in [-0.2, -0.15) is 5.26 Å². The Morgan fingerprint density at radius 2 is 2.33 bits per heavy atom. The van der Waals surface area contributed by atoms with Gasteiger partial charge in [-0.3, -0.25) is 4.79 Å². The topological polar surface area (TPSA) is 53.8 Å². The van der Waals surface area contributed by atoms with Crippen LogP contribution in [0.5, 0.6) is 0 Å². The average molecular weight is 231 g/mol. The van der Waals surface area contributed by atoms with Gasteiger partial charge in [0, 0.05) is 5.88 Å². The van der Waals surface area contributed by atoms with Gasteiger partial charge < -0.3 is 0 Å². The maximum atomic E-state index is 12.4. The van der Waals surface area contributed by atoms with Crippen LogP contribution < -0.4 is 0 Å². The lowest BCUT2D eigenvalue weighted by Crippen LogP contribution is -2.02. The van der Waals surface area contributed by atoms with Crippen LogP contribution in [0.25, 0.3) is 0 Å². The van der Waals surface area contributed by atoms with E-state index < -0.39 is 17.7 Å². The Morgan fingerprint density at radius 3 is 2.73 bits per heavy atom. The molecular formula is C9H5ClF2N2O. The van der Waals surface area contributed by atoms with Crippen molar-refractivity contribution in [3.63, 3.8) is 0 Å². The summed E-state index contributed by atoms with van der Waals surface area (Å²) in [6.07, 6.45) is -2.43. The number of pyridine rings is 1. The van der Waals surface area contributed by atoms with E-state index >= 15 is 0 Å². The molecule has 1 aromatic heterocycles. The van der Waals surface area contributed by atoms with E-state index in [2.05, 4.69) is 4.98 Å². The van der Waals surface area contributed by atoms with Crippen LogP contribution in [0.4, 0.5) is 8.78 Å². The molecule has 0 amide bonds. The second kappa shape index (κ2) is 4.80. The maximum Gasteiger partial charge on any atom is 0.266 e. The first kappa shape index (κ1) is 11.5.